The van der Waals surface area contributed by atoms with Crippen molar-refractivity contribution >= 4 is 5.69 Å². The van der Waals surface area contributed by atoms with Crippen molar-refractivity contribution in [2.45, 2.75) is 37.7 Å². The third kappa shape index (κ3) is 3.05. The third-order valence-corrected chi connectivity index (χ3v) is 2.93. The van der Waals surface area contributed by atoms with Gasteiger partial charge in [0.2, 0.25) is 5.92 Å². The molecule has 0 heterocycles. The maximum absolute atomic E-state index is 13.0. The molecule has 1 aliphatic rings. The second-order valence-corrected chi connectivity index (χ2v) is 4.36. The van der Waals surface area contributed by atoms with Crippen molar-refractivity contribution < 1.29 is 17.9 Å². The van der Waals surface area contributed by atoms with Crippen molar-refractivity contribution in [2.75, 3.05) is 5.73 Å². The summed E-state index contributed by atoms with van der Waals surface area (Å²) in [6.07, 6.45) is -0.148. The van der Waals surface area contributed by atoms with Crippen molar-refractivity contribution in [3.8, 4) is 5.75 Å². The predicted molar refractivity (Wildman–Crippen MR) is 58.6 cm³/mol. The number of alkyl halides is 2. The Hall–Kier alpha value is -1.39. The Labute approximate surface area is 97.6 Å². The Bertz CT molecular complexity index is 399. The molecule has 2 nitrogen and oxygen atoms in total. The maximum atomic E-state index is 13.0. The SMILES string of the molecule is Nc1ccc(F)cc1OC1CCC(F)(F)CC1. The molecule has 1 saturated carbocycles. The number of nitrogen functional groups attached to an aromatic ring is 1. The molecule has 94 valence electrons. The zero-order valence-electron chi connectivity index (χ0n) is 9.26. The summed E-state index contributed by atoms with van der Waals surface area (Å²) in [5.41, 5.74) is 5.94. The van der Waals surface area contributed by atoms with E-state index >= 15 is 0 Å². The van der Waals surface area contributed by atoms with Gasteiger partial charge in [0.15, 0.2) is 0 Å². The van der Waals surface area contributed by atoms with E-state index in [1.54, 1.807) is 0 Å². The van der Waals surface area contributed by atoms with Crippen molar-refractivity contribution in [1.82, 2.24) is 0 Å². The van der Waals surface area contributed by atoms with Crippen LogP contribution in [0.2, 0.25) is 0 Å². The standard InChI is InChI=1S/C12H14F3NO/c13-8-1-2-10(16)11(7-8)17-9-3-5-12(14,15)6-4-9/h1-2,7,9H,3-6,16H2. The number of benzene rings is 1. The Balaban J connectivity index is 2.00. The van der Waals surface area contributed by atoms with Crippen LogP contribution in [0.4, 0.5) is 18.9 Å². The van der Waals surface area contributed by atoms with Crippen molar-refractivity contribution in [1.29, 1.82) is 0 Å². The van der Waals surface area contributed by atoms with Crippen LogP contribution in [-0.2, 0) is 0 Å². The number of rotatable bonds is 2. The van der Waals surface area contributed by atoms with Gasteiger partial charge in [0.25, 0.3) is 0 Å². The normalized spacial score (nSPS) is 20.2. The summed E-state index contributed by atoms with van der Waals surface area (Å²) < 4.78 is 44.3. The van der Waals surface area contributed by atoms with Crippen LogP contribution >= 0.6 is 0 Å². The maximum Gasteiger partial charge on any atom is 0.248 e. The van der Waals surface area contributed by atoms with E-state index in [0.29, 0.717) is 5.69 Å². The van der Waals surface area contributed by atoms with Gasteiger partial charge in [0.1, 0.15) is 11.6 Å². The Kier molecular flexibility index (Phi) is 3.17. The summed E-state index contributed by atoms with van der Waals surface area (Å²) >= 11 is 0. The highest BCUT2D eigenvalue weighted by atomic mass is 19.3. The Morgan fingerprint density at radius 2 is 1.88 bits per heavy atom. The molecule has 0 atom stereocenters. The minimum Gasteiger partial charge on any atom is -0.488 e. The molecule has 5 heteroatoms. The predicted octanol–water partition coefficient (Wildman–Crippen LogP) is 3.36. The first kappa shape index (κ1) is 12.1. The molecule has 0 unspecified atom stereocenters. The van der Waals surface area contributed by atoms with Gasteiger partial charge >= 0.3 is 0 Å². The van der Waals surface area contributed by atoms with E-state index < -0.39 is 11.7 Å². The van der Waals surface area contributed by atoms with Crippen LogP contribution in [0.15, 0.2) is 18.2 Å². The zero-order chi connectivity index (χ0) is 12.5. The van der Waals surface area contributed by atoms with E-state index in [1.165, 1.54) is 18.2 Å². The van der Waals surface area contributed by atoms with Gasteiger partial charge in [-0.3, -0.25) is 0 Å². The lowest BCUT2D eigenvalue weighted by Gasteiger charge is -2.29. The topological polar surface area (TPSA) is 35.2 Å². The first-order chi connectivity index (χ1) is 7.96. The van der Waals surface area contributed by atoms with E-state index in [1.807, 2.05) is 0 Å². The summed E-state index contributed by atoms with van der Waals surface area (Å²) in [7, 11) is 0. The number of ether oxygens (including phenoxy) is 1. The van der Waals surface area contributed by atoms with Crippen LogP contribution in [0.25, 0.3) is 0 Å². The summed E-state index contributed by atoms with van der Waals surface area (Å²) in [5, 5.41) is 0. The summed E-state index contributed by atoms with van der Waals surface area (Å²) in [6, 6.07) is 3.82. The second kappa shape index (κ2) is 4.47. The van der Waals surface area contributed by atoms with Gasteiger partial charge in [-0.15, -0.1) is 0 Å². The van der Waals surface area contributed by atoms with Gasteiger partial charge in [-0.2, -0.15) is 0 Å². The van der Waals surface area contributed by atoms with Crippen LogP contribution in [0.5, 0.6) is 5.75 Å². The minimum atomic E-state index is -2.59. The van der Waals surface area contributed by atoms with Crippen LogP contribution in [-0.4, -0.2) is 12.0 Å². The van der Waals surface area contributed by atoms with E-state index in [0.717, 1.165) is 0 Å². The van der Waals surface area contributed by atoms with Crippen LogP contribution < -0.4 is 10.5 Å². The Morgan fingerprint density at radius 1 is 1.24 bits per heavy atom. The molecule has 0 amide bonds. The van der Waals surface area contributed by atoms with Crippen LogP contribution in [0.3, 0.4) is 0 Å². The lowest BCUT2D eigenvalue weighted by molar-refractivity contribution is -0.0581. The number of hydrogen-bond donors (Lipinski definition) is 1. The van der Waals surface area contributed by atoms with Crippen LogP contribution in [0.1, 0.15) is 25.7 Å². The van der Waals surface area contributed by atoms with Gasteiger partial charge in [0, 0.05) is 18.9 Å². The van der Waals surface area contributed by atoms with Crippen molar-refractivity contribution in [3.63, 3.8) is 0 Å². The highest BCUT2D eigenvalue weighted by molar-refractivity contribution is 5.52. The molecule has 0 saturated heterocycles. The lowest BCUT2D eigenvalue weighted by atomic mass is 9.94. The molecule has 0 radical (unpaired) electrons. The minimum absolute atomic E-state index is 0.188. The highest BCUT2D eigenvalue weighted by Gasteiger charge is 2.35. The molecule has 1 aromatic rings. The molecule has 0 spiro atoms. The van der Waals surface area contributed by atoms with Gasteiger partial charge in [0.05, 0.1) is 11.8 Å². The second-order valence-electron chi connectivity index (χ2n) is 4.36. The van der Waals surface area contributed by atoms with Crippen molar-refractivity contribution in [2.24, 2.45) is 0 Å². The van der Waals surface area contributed by atoms with E-state index in [9.17, 15) is 13.2 Å². The molecule has 1 aliphatic carbocycles. The number of halogens is 3. The number of hydrogen-bond acceptors (Lipinski definition) is 2. The molecule has 0 aromatic heterocycles. The number of nitrogens with two attached hydrogens (primary N) is 1. The van der Waals surface area contributed by atoms with E-state index in [4.69, 9.17) is 10.5 Å². The van der Waals surface area contributed by atoms with E-state index in [-0.39, 0.29) is 37.5 Å². The number of anilines is 1. The first-order valence-electron chi connectivity index (χ1n) is 5.56. The molecular weight excluding hydrogens is 231 g/mol. The van der Waals surface area contributed by atoms with Gasteiger partial charge in [-0.25, -0.2) is 13.2 Å². The summed E-state index contributed by atoms with van der Waals surface area (Å²) in [4.78, 5) is 0. The summed E-state index contributed by atoms with van der Waals surface area (Å²) in [5.74, 6) is -2.80. The average Bonchev–Trinajstić information content (AvgIpc) is 2.26. The summed E-state index contributed by atoms with van der Waals surface area (Å²) in [6.45, 7) is 0. The van der Waals surface area contributed by atoms with E-state index in [2.05, 4.69) is 0 Å². The van der Waals surface area contributed by atoms with Crippen molar-refractivity contribution in [3.05, 3.63) is 24.0 Å². The monoisotopic (exact) mass is 245 g/mol. The zero-order valence-corrected chi connectivity index (χ0v) is 9.26. The fraction of sp³-hybridized carbons (Fsp3) is 0.500. The molecule has 0 bridgehead atoms. The largest absolute Gasteiger partial charge is 0.488 e. The smallest absolute Gasteiger partial charge is 0.248 e. The average molecular weight is 245 g/mol. The third-order valence-electron chi connectivity index (χ3n) is 2.93. The molecule has 2 N–H and O–H groups in total. The quantitative estimate of drug-likeness (QED) is 0.811. The molecule has 1 aromatic carbocycles. The van der Waals surface area contributed by atoms with Crippen LogP contribution in [0, 0.1) is 5.82 Å². The lowest BCUT2D eigenvalue weighted by Crippen LogP contribution is -2.30. The molecule has 17 heavy (non-hydrogen) atoms. The fourth-order valence-corrected chi connectivity index (χ4v) is 1.92. The fourth-order valence-electron chi connectivity index (χ4n) is 1.92. The Morgan fingerprint density at radius 3 is 2.53 bits per heavy atom. The highest BCUT2D eigenvalue weighted by Crippen LogP contribution is 2.35. The molecular formula is C12H14F3NO. The molecule has 1 fully saturated rings. The van der Waals surface area contributed by atoms with Gasteiger partial charge in [-0.05, 0) is 25.0 Å². The molecule has 2 rings (SSSR count). The van der Waals surface area contributed by atoms with Gasteiger partial charge in [-0.1, -0.05) is 0 Å². The molecule has 0 aliphatic heterocycles. The van der Waals surface area contributed by atoms with Gasteiger partial charge < -0.3 is 10.5 Å². The first-order valence-corrected chi connectivity index (χ1v) is 5.56.